The van der Waals surface area contributed by atoms with Crippen LogP contribution in [0.5, 0.6) is 0 Å². The molecule has 0 aromatic heterocycles. The number of anilines is 1. The summed E-state index contributed by atoms with van der Waals surface area (Å²) in [7, 11) is 1.96. The molecule has 4 heteroatoms. The third kappa shape index (κ3) is 3.21. The van der Waals surface area contributed by atoms with Gasteiger partial charge in [-0.05, 0) is 47.6 Å². The minimum atomic E-state index is 0.280. The van der Waals surface area contributed by atoms with Gasteiger partial charge in [0.25, 0.3) is 0 Å². The second-order valence-electron chi connectivity index (χ2n) is 4.45. The van der Waals surface area contributed by atoms with Crippen molar-refractivity contribution in [1.29, 1.82) is 0 Å². The first kappa shape index (κ1) is 12.9. The van der Waals surface area contributed by atoms with Crippen LogP contribution < -0.4 is 10.2 Å². The SMILES string of the molecule is CNCC1CN(c2ccc(C)cc2Br)CCO1. The van der Waals surface area contributed by atoms with Crippen LogP contribution in [-0.2, 0) is 4.74 Å². The number of aryl methyl sites for hydroxylation is 1. The van der Waals surface area contributed by atoms with Gasteiger partial charge in [0.2, 0.25) is 0 Å². The first-order valence-electron chi connectivity index (χ1n) is 5.98. The number of nitrogens with one attached hydrogen (secondary N) is 1. The van der Waals surface area contributed by atoms with Crippen LogP contribution in [0.15, 0.2) is 22.7 Å². The van der Waals surface area contributed by atoms with Gasteiger partial charge < -0.3 is 15.0 Å². The van der Waals surface area contributed by atoms with Crippen molar-refractivity contribution in [2.24, 2.45) is 0 Å². The van der Waals surface area contributed by atoms with Crippen LogP contribution >= 0.6 is 15.9 Å². The average Bonchev–Trinajstić information content (AvgIpc) is 2.29. The van der Waals surface area contributed by atoms with Crippen molar-refractivity contribution in [2.75, 3.05) is 38.2 Å². The molecule has 1 aromatic rings. The van der Waals surface area contributed by atoms with Crippen molar-refractivity contribution < 1.29 is 4.74 Å². The van der Waals surface area contributed by atoms with Gasteiger partial charge in [-0.25, -0.2) is 0 Å². The summed E-state index contributed by atoms with van der Waals surface area (Å²) in [5.74, 6) is 0. The summed E-state index contributed by atoms with van der Waals surface area (Å²) >= 11 is 3.64. The third-order valence-electron chi connectivity index (χ3n) is 3.01. The lowest BCUT2D eigenvalue weighted by molar-refractivity contribution is 0.0421. The van der Waals surface area contributed by atoms with Crippen LogP contribution in [0.25, 0.3) is 0 Å². The summed E-state index contributed by atoms with van der Waals surface area (Å²) < 4.78 is 6.88. The highest BCUT2D eigenvalue weighted by atomic mass is 79.9. The third-order valence-corrected chi connectivity index (χ3v) is 3.65. The molecular formula is C13H19BrN2O. The molecule has 0 spiro atoms. The Morgan fingerprint density at radius 2 is 2.35 bits per heavy atom. The number of morpholine rings is 1. The molecule has 0 radical (unpaired) electrons. The van der Waals surface area contributed by atoms with E-state index in [9.17, 15) is 0 Å². The zero-order chi connectivity index (χ0) is 12.3. The summed E-state index contributed by atoms with van der Waals surface area (Å²) in [6.07, 6.45) is 0.280. The lowest BCUT2D eigenvalue weighted by Crippen LogP contribution is -2.46. The molecule has 1 unspecified atom stereocenters. The summed E-state index contributed by atoms with van der Waals surface area (Å²) in [5.41, 5.74) is 2.54. The summed E-state index contributed by atoms with van der Waals surface area (Å²) in [4.78, 5) is 2.38. The topological polar surface area (TPSA) is 24.5 Å². The molecule has 1 saturated heterocycles. The molecule has 1 atom stereocenters. The number of ether oxygens (including phenoxy) is 1. The van der Waals surface area contributed by atoms with Gasteiger partial charge in [0, 0.05) is 24.1 Å². The van der Waals surface area contributed by atoms with E-state index in [1.54, 1.807) is 0 Å². The summed E-state index contributed by atoms with van der Waals surface area (Å²) in [6, 6.07) is 6.50. The van der Waals surface area contributed by atoms with Crippen LogP contribution in [-0.4, -0.2) is 39.4 Å². The number of rotatable bonds is 3. The van der Waals surface area contributed by atoms with Gasteiger partial charge >= 0.3 is 0 Å². The van der Waals surface area contributed by atoms with Crippen molar-refractivity contribution >= 4 is 21.6 Å². The first-order chi connectivity index (χ1) is 8.20. The van der Waals surface area contributed by atoms with Gasteiger partial charge in [-0.15, -0.1) is 0 Å². The molecule has 0 saturated carbocycles. The molecule has 3 nitrogen and oxygen atoms in total. The van der Waals surface area contributed by atoms with Gasteiger partial charge in [0.15, 0.2) is 0 Å². The minimum absolute atomic E-state index is 0.280. The number of likely N-dealkylation sites (N-methyl/N-ethyl adjacent to an activating group) is 1. The molecule has 1 N–H and O–H groups in total. The largest absolute Gasteiger partial charge is 0.373 e. The first-order valence-corrected chi connectivity index (χ1v) is 6.77. The summed E-state index contributed by atoms with van der Waals surface area (Å²) in [6.45, 7) is 5.72. The fraction of sp³-hybridized carbons (Fsp3) is 0.538. The standard InChI is InChI=1S/C13H19BrN2O/c1-10-3-4-13(12(14)7-10)16-5-6-17-11(9-16)8-15-2/h3-4,7,11,15H,5-6,8-9H2,1-2H3. The maximum absolute atomic E-state index is 5.71. The highest BCUT2D eigenvalue weighted by Crippen LogP contribution is 2.28. The Balaban J connectivity index is 2.10. The van der Waals surface area contributed by atoms with Crippen LogP contribution in [0.4, 0.5) is 5.69 Å². The van der Waals surface area contributed by atoms with Gasteiger partial charge in [-0.2, -0.15) is 0 Å². The van der Waals surface area contributed by atoms with Crippen molar-refractivity contribution in [3.05, 3.63) is 28.2 Å². The van der Waals surface area contributed by atoms with E-state index in [1.807, 2.05) is 7.05 Å². The average molecular weight is 299 g/mol. The van der Waals surface area contributed by atoms with E-state index in [1.165, 1.54) is 15.7 Å². The quantitative estimate of drug-likeness (QED) is 0.926. The molecule has 1 aromatic carbocycles. The molecule has 0 bridgehead atoms. The number of nitrogens with zero attached hydrogens (tertiary/aromatic N) is 1. The second kappa shape index (κ2) is 5.85. The Hall–Kier alpha value is -0.580. The molecule has 0 aliphatic carbocycles. The fourth-order valence-electron chi connectivity index (χ4n) is 2.16. The monoisotopic (exact) mass is 298 g/mol. The molecule has 2 rings (SSSR count). The van der Waals surface area contributed by atoms with Crippen LogP contribution in [0.2, 0.25) is 0 Å². The Labute approximate surface area is 111 Å². The zero-order valence-corrected chi connectivity index (χ0v) is 12.0. The molecule has 1 heterocycles. The fourth-order valence-corrected chi connectivity index (χ4v) is 2.90. The normalized spacial score (nSPS) is 20.6. The second-order valence-corrected chi connectivity index (χ2v) is 5.31. The number of hydrogen-bond acceptors (Lipinski definition) is 3. The Morgan fingerprint density at radius 1 is 1.53 bits per heavy atom. The van der Waals surface area contributed by atoms with Gasteiger partial charge in [0.05, 0.1) is 18.4 Å². The van der Waals surface area contributed by atoms with E-state index < -0.39 is 0 Å². The Bertz CT molecular complexity index is 382. The molecule has 1 fully saturated rings. The maximum atomic E-state index is 5.71. The zero-order valence-electron chi connectivity index (χ0n) is 10.4. The summed E-state index contributed by atoms with van der Waals surface area (Å²) in [5, 5.41) is 3.17. The van der Waals surface area contributed by atoms with E-state index in [2.05, 4.69) is 51.3 Å². The van der Waals surface area contributed by atoms with Crippen LogP contribution in [0.1, 0.15) is 5.56 Å². The molecule has 1 aliphatic heterocycles. The van der Waals surface area contributed by atoms with Crippen molar-refractivity contribution in [1.82, 2.24) is 5.32 Å². The molecule has 1 aliphatic rings. The molecule has 0 amide bonds. The van der Waals surface area contributed by atoms with E-state index in [0.717, 1.165) is 26.2 Å². The van der Waals surface area contributed by atoms with E-state index in [-0.39, 0.29) is 6.10 Å². The lowest BCUT2D eigenvalue weighted by Gasteiger charge is -2.35. The number of hydrogen-bond donors (Lipinski definition) is 1. The highest BCUT2D eigenvalue weighted by molar-refractivity contribution is 9.10. The van der Waals surface area contributed by atoms with E-state index >= 15 is 0 Å². The number of benzene rings is 1. The van der Waals surface area contributed by atoms with Crippen molar-refractivity contribution in [3.63, 3.8) is 0 Å². The van der Waals surface area contributed by atoms with Crippen LogP contribution in [0, 0.1) is 6.92 Å². The van der Waals surface area contributed by atoms with Gasteiger partial charge in [0.1, 0.15) is 0 Å². The maximum Gasteiger partial charge on any atom is 0.0874 e. The van der Waals surface area contributed by atoms with Gasteiger partial charge in [-0.1, -0.05) is 6.07 Å². The predicted molar refractivity (Wildman–Crippen MR) is 74.8 cm³/mol. The predicted octanol–water partition coefficient (Wildman–Crippen LogP) is 2.18. The van der Waals surface area contributed by atoms with Crippen LogP contribution in [0.3, 0.4) is 0 Å². The van der Waals surface area contributed by atoms with Crippen molar-refractivity contribution in [3.8, 4) is 0 Å². The molecular weight excluding hydrogens is 280 g/mol. The van der Waals surface area contributed by atoms with E-state index in [4.69, 9.17) is 4.74 Å². The minimum Gasteiger partial charge on any atom is -0.373 e. The van der Waals surface area contributed by atoms with Crippen molar-refractivity contribution in [2.45, 2.75) is 13.0 Å². The Kier molecular flexibility index (Phi) is 4.42. The lowest BCUT2D eigenvalue weighted by atomic mass is 10.2. The molecule has 17 heavy (non-hydrogen) atoms. The smallest absolute Gasteiger partial charge is 0.0874 e. The molecule has 94 valence electrons. The highest BCUT2D eigenvalue weighted by Gasteiger charge is 2.21. The Morgan fingerprint density at radius 3 is 3.06 bits per heavy atom. The van der Waals surface area contributed by atoms with Gasteiger partial charge in [-0.3, -0.25) is 0 Å². The van der Waals surface area contributed by atoms with E-state index in [0.29, 0.717) is 0 Å². The number of halogens is 1.